The Balaban J connectivity index is 2.20. The topological polar surface area (TPSA) is 3.24 Å². The maximum Gasteiger partial charge on any atom is 0.0337 e. The van der Waals surface area contributed by atoms with Gasteiger partial charge < -0.3 is 4.90 Å². The lowest BCUT2D eigenvalue weighted by Crippen LogP contribution is -2.37. The molecule has 1 rings (SSSR count). The minimum absolute atomic E-state index is 0.356. The van der Waals surface area contributed by atoms with Crippen LogP contribution in [0.5, 0.6) is 0 Å². The summed E-state index contributed by atoms with van der Waals surface area (Å²) in [4.78, 5) is 2.60. The quantitative estimate of drug-likeness (QED) is 0.669. The Kier molecular flexibility index (Phi) is 4.92. The lowest BCUT2D eigenvalue weighted by molar-refractivity contribution is 0.163. The molecule has 1 heterocycles. The van der Waals surface area contributed by atoms with Crippen molar-refractivity contribution in [2.45, 2.75) is 52.3 Å². The minimum atomic E-state index is 0.356. The predicted molar refractivity (Wildman–Crippen MR) is 68.6 cm³/mol. The van der Waals surface area contributed by atoms with E-state index >= 15 is 0 Å². The Morgan fingerprint density at radius 3 is 2.20 bits per heavy atom. The number of likely N-dealkylation sites (tertiary alicyclic amines) is 1. The molecule has 0 bridgehead atoms. The molecule has 1 unspecified atom stereocenters. The van der Waals surface area contributed by atoms with E-state index in [1.54, 1.807) is 0 Å². The fraction of sp³-hybridized carbons (Fsp3) is 1.00. The average molecular weight is 232 g/mol. The van der Waals surface area contributed by atoms with Gasteiger partial charge in [-0.05, 0) is 57.2 Å². The van der Waals surface area contributed by atoms with Gasteiger partial charge in [0.2, 0.25) is 0 Å². The zero-order chi connectivity index (χ0) is 11.5. The van der Waals surface area contributed by atoms with E-state index in [4.69, 9.17) is 11.6 Å². The minimum Gasteiger partial charge on any atom is -0.303 e. The Labute approximate surface area is 100 Å². The van der Waals surface area contributed by atoms with Crippen LogP contribution in [0, 0.1) is 11.3 Å². The van der Waals surface area contributed by atoms with Crippen molar-refractivity contribution in [2.24, 2.45) is 11.3 Å². The number of nitrogens with zero attached hydrogens (tertiary/aromatic N) is 1. The molecule has 1 aliphatic heterocycles. The van der Waals surface area contributed by atoms with Crippen LogP contribution in [-0.4, -0.2) is 29.9 Å². The summed E-state index contributed by atoms with van der Waals surface area (Å²) < 4.78 is 0. The van der Waals surface area contributed by atoms with Crippen LogP contribution in [0.1, 0.15) is 47.0 Å². The molecule has 15 heavy (non-hydrogen) atoms. The zero-order valence-corrected chi connectivity index (χ0v) is 11.5. The lowest BCUT2D eigenvalue weighted by atomic mass is 9.90. The Morgan fingerprint density at radius 2 is 1.80 bits per heavy atom. The standard InChI is InChI=1S/C13H26ClN/c1-11(14)12-5-8-15(9-6-12)10-7-13(2,3)4/h11-12H,5-10H2,1-4H3. The van der Waals surface area contributed by atoms with Gasteiger partial charge in [0.15, 0.2) is 0 Å². The van der Waals surface area contributed by atoms with E-state index in [0.717, 1.165) is 5.92 Å². The van der Waals surface area contributed by atoms with Crippen LogP contribution in [0.25, 0.3) is 0 Å². The van der Waals surface area contributed by atoms with Gasteiger partial charge in [-0.1, -0.05) is 20.8 Å². The Hall–Kier alpha value is 0.250. The molecule has 0 N–H and O–H groups in total. The normalized spacial score (nSPS) is 23.0. The van der Waals surface area contributed by atoms with Gasteiger partial charge in [-0.2, -0.15) is 0 Å². The molecule has 0 radical (unpaired) electrons. The van der Waals surface area contributed by atoms with E-state index in [-0.39, 0.29) is 0 Å². The third kappa shape index (κ3) is 5.21. The maximum absolute atomic E-state index is 6.14. The smallest absolute Gasteiger partial charge is 0.0337 e. The van der Waals surface area contributed by atoms with E-state index < -0.39 is 0 Å². The molecule has 1 aliphatic rings. The molecular formula is C13H26ClN. The van der Waals surface area contributed by atoms with Crippen LogP contribution in [0.15, 0.2) is 0 Å². The highest BCUT2D eigenvalue weighted by atomic mass is 35.5. The van der Waals surface area contributed by atoms with E-state index in [0.29, 0.717) is 10.8 Å². The molecule has 0 spiro atoms. The molecule has 1 saturated heterocycles. The summed E-state index contributed by atoms with van der Waals surface area (Å²) in [6, 6.07) is 0. The van der Waals surface area contributed by atoms with Crippen molar-refractivity contribution in [1.29, 1.82) is 0 Å². The molecule has 90 valence electrons. The van der Waals surface area contributed by atoms with E-state index in [9.17, 15) is 0 Å². The maximum atomic E-state index is 6.14. The van der Waals surface area contributed by atoms with Crippen LogP contribution in [0.2, 0.25) is 0 Å². The fourth-order valence-corrected chi connectivity index (χ4v) is 2.38. The number of hydrogen-bond acceptors (Lipinski definition) is 1. The van der Waals surface area contributed by atoms with Crippen LogP contribution in [0.4, 0.5) is 0 Å². The largest absolute Gasteiger partial charge is 0.303 e. The summed E-state index contributed by atoms with van der Waals surface area (Å²) >= 11 is 6.14. The summed E-state index contributed by atoms with van der Waals surface area (Å²) in [6.07, 6.45) is 3.87. The van der Waals surface area contributed by atoms with Gasteiger partial charge in [-0.15, -0.1) is 11.6 Å². The van der Waals surface area contributed by atoms with Gasteiger partial charge in [0.1, 0.15) is 0 Å². The van der Waals surface area contributed by atoms with Crippen molar-refractivity contribution in [3.63, 3.8) is 0 Å². The van der Waals surface area contributed by atoms with Gasteiger partial charge in [-0.3, -0.25) is 0 Å². The first-order valence-corrected chi connectivity index (χ1v) is 6.68. The monoisotopic (exact) mass is 231 g/mol. The second-order valence-electron chi connectivity index (χ2n) is 6.17. The highest BCUT2D eigenvalue weighted by Gasteiger charge is 2.23. The second kappa shape index (κ2) is 5.54. The molecule has 1 nitrogen and oxygen atoms in total. The van der Waals surface area contributed by atoms with Crippen molar-refractivity contribution < 1.29 is 0 Å². The molecule has 1 fully saturated rings. The van der Waals surface area contributed by atoms with Crippen molar-refractivity contribution in [3.8, 4) is 0 Å². The van der Waals surface area contributed by atoms with Gasteiger partial charge in [0.25, 0.3) is 0 Å². The average Bonchev–Trinajstić information content (AvgIpc) is 2.14. The first-order valence-electron chi connectivity index (χ1n) is 6.25. The zero-order valence-electron chi connectivity index (χ0n) is 10.7. The second-order valence-corrected chi connectivity index (χ2v) is 6.86. The third-order valence-corrected chi connectivity index (χ3v) is 3.82. The lowest BCUT2D eigenvalue weighted by Gasteiger charge is -2.34. The van der Waals surface area contributed by atoms with Gasteiger partial charge in [-0.25, -0.2) is 0 Å². The van der Waals surface area contributed by atoms with Crippen LogP contribution >= 0.6 is 11.6 Å². The molecule has 0 aromatic heterocycles. The Morgan fingerprint density at radius 1 is 1.27 bits per heavy atom. The number of halogens is 1. The van der Waals surface area contributed by atoms with E-state index in [1.807, 2.05) is 0 Å². The fourth-order valence-electron chi connectivity index (χ4n) is 2.13. The van der Waals surface area contributed by atoms with Crippen LogP contribution < -0.4 is 0 Å². The highest BCUT2D eigenvalue weighted by molar-refractivity contribution is 6.20. The summed E-state index contributed by atoms with van der Waals surface area (Å²) in [6.45, 7) is 12.8. The Bertz CT molecular complexity index is 175. The summed E-state index contributed by atoms with van der Waals surface area (Å²) in [7, 11) is 0. The first-order chi connectivity index (χ1) is 6.88. The van der Waals surface area contributed by atoms with Crippen molar-refractivity contribution in [3.05, 3.63) is 0 Å². The van der Waals surface area contributed by atoms with Gasteiger partial charge >= 0.3 is 0 Å². The molecule has 0 aromatic rings. The van der Waals surface area contributed by atoms with E-state index in [2.05, 4.69) is 32.6 Å². The summed E-state index contributed by atoms with van der Waals surface area (Å²) in [5, 5.41) is 0.356. The van der Waals surface area contributed by atoms with Crippen molar-refractivity contribution in [2.75, 3.05) is 19.6 Å². The number of piperidine rings is 1. The number of rotatable bonds is 3. The summed E-state index contributed by atoms with van der Waals surface area (Å²) in [5.41, 5.74) is 0.469. The van der Waals surface area contributed by atoms with Gasteiger partial charge in [0.05, 0.1) is 0 Å². The molecule has 0 aliphatic carbocycles. The van der Waals surface area contributed by atoms with Crippen molar-refractivity contribution >= 4 is 11.6 Å². The first kappa shape index (κ1) is 13.3. The molecule has 1 atom stereocenters. The number of alkyl halides is 1. The van der Waals surface area contributed by atoms with Crippen LogP contribution in [0.3, 0.4) is 0 Å². The molecule has 0 aromatic carbocycles. The molecule has 2 heteroatoms. The molecule has 0 amide bonds. The molecular weight excluding hydrogens is 206 g/mol. The molecule has 0 saturated carbocycles. The third-order valence-electron chi connectivity index (χ3n) is 3.46. The van der Waals surface area contributed by atoms with E-state index in [1.165, 1.54) is 38.9 Å². The highest BCUT2D eigenvalue weighted by Crippen LogP contribution is 2.25. The van der Waals surface area contributed by atoms with Crippen LogP contribution in [-0.2, 0) is 0 Å². The summed E-state index contributed by atoms with van der Waals surface area (Å²) in [5.74, 6) is 0.748. The van der Waals surface area contributed by atoms with Crippen molar-refractivity contribution in [1.82, 2.24) is 4.90 Å². The number of hydrogen-bond donors (Lipinski definition) is 0. The SMILES string of the molecule is CC(Cl)C1CCN(CCC(C)(C)C)CC1. The predicted octanol–water partition coefficient (Wildman–Crippen LogP) is 3.76. The van der Waals surface area contributed by atoms with Gasteiger partial charge in [0, 0.05) is 5.38 Å².